The maximum absolute atomic E-state index is 12.8. The van der Waals surface area contributed by atoms with Crippen LogP contribution in [0.25, 0.3) is 11.1 Å². The van der Waals surface area contributed by atoms with Gasteiger partial charge in [0.2, 0.25) is 0 Å². The lowest BCUT2D eigenvalue weighted by Gasteiger charge is -2.29. The molecule has 3 aromatic carbocycles. The van der Waals surface area contributed by atoms with Gasteiger partial charge in [0, 0.05) is 12.5 Å². The molecular weight excluding hydrogens is 430 g/mol. The van der Waals surface area contributed by atoms with Crippen molar-refractivity contribution in [3.63, 3.8) is 0 Å². The van der Waals surface area contributed by atoms with Crippen molar-refractivity contribution in [2.45, 2.75) is 18.9 Å². The average Bonchev–Trinajstić information content (AvgIpc) is 3.08. The quantitative estimate of drug-likeness (QED) is 0.564. The van der Waals surface area contributed by atoms with Crippen LogP contribution in [0.15, 0.2) is 65.1 Å². The summed E-state index contributed by atoms with van der Waals surface area (Å²) in [5.41, 5.74) is 6.95. The molecule has 0 spiro atoms. The van der Waals surface area contributed by atoms with E-state index in [0.717, 1.165) is 17.5 Å². The van der Waals surface area contributed by atoms with Gasteiger partial charge in [-0.3, -0.25) is 0 Å². The lowest BCUT2D eigenvalue weighted by Crippen LogP contribution is -2.37. The molecule has 4 nitrogen and oxygen atoms in total. The number of hydrogen-bond acceptors (Lipinski definition) is 3. The Bertz CT molecular complexity index is 1070. The number of fused-ring (bicyclic) bond motifs is 4. The molecule has 0 atom stereocenters. The van der Waals surface area contributed by atoms with E-state index in [-0.39, 0.29) is 17.8 Å². The van der Waals surface area contributed by atoms with E-state index >= 15 is 0 Å². The first kappa shape index (κ1) is 18.3. The first-order valence-electron chi connectivity index (χ1n) is 9.72. The summed E-state index contributed by atoms with van der Waals surface area (Å²) in [6.45, 7) is 1.36. The second kappa shape index (κ2) is 7.23. The lowest BCUT2D eigenvalue weighted by atomic mass is 9.98. The fourth-order valence-electron chi connectivity index (χ4n) is 4.42. The SMILES string of the molecule is O=C(OCC1c2ccccc2-c2ccccc21)N1CCc2ccc(O)c(Br)c2C1. The molecule has 0 fully saturated rings. The lowest BCUT2D eigenvalue weighted by molar-refractivity contribution is 0.0952. The van der Waals surface area contributed by atoms with Crippen molar-refractivity contribution < 1.29 is 14.6 Å². The normalized spacial score (nSPS) is 14.9. The molecular formula is C24H20BrNO3. The first-order valence-corrected chi connectivity index (χ1v) is 10.5. The van der Waals surface area contributed by atoms with E-state index in [1.807, 2.05) is 30.3 Å². The van der Waals surface area contributed by atoms with Crippen LogP contribution in [0.1, 0.15) is 28.2 Å². The van der Waals surface area contributed by atoms with Crippen LogP contribution in [0, 0.1) is 0 Å². The number of amides is 1. The highest BCUT2D eigenvalue weighted by molar-refractivity contribution is 9.10. The average molecular weight is 450 g/mol. The molecule has 2 aliphatic rings. The Morgan fingerprint density at radius 1 is 1.03 bits per heavy atom. The third kappa shape index (κ3) is 3.10. The summed E-state index contributed by atoms with van der Waals surface area (Å²) in [5, 5.41) is 9.95. The summed E-state index contributed by atoms with van der Waals surface area (Å²) in [6, 6.07) is 20.2. The molecule has 1 amide bonds. The first-order chi connectivity index (χ1) is 14.1. The minimum Gasteiger partial charge on any atom is -0.507 e. The van der Waals surface area contributed by atoms with Crippen molar-refractivity contribution in [3.8, 4) is 16.9 Å². The van der Waals surface area contributed by atoms with Crippen LogP contribution in [0.5, 0.6) is 5.75 Å². The van der Waals surface area contributed by atoms with Crippen LogP contribution in [0.2, 0.25) is 0 Å². The fourth-order valence-corrected chi connectivity index (χ4v) is 4.93. The molecule has 3 aromatic rings. The standard InChI is InChI=1S/C24H20BrNO3/c25-23-20-13-26(12-11-15(20)9-10-22(23)27)24(28)29-14-21-18-7-3-1-5-16(18)17-6-2-4-8-19(17)21/h1-10,21,27H,11-14H2. The van der Waals surface area contributed by atoms with Crippen LogP contribution in [0.4, 0.5) is 4.79 Å². The van der Waals surface area contributed by atoms with Crippen molar-refractivity contribution >= 4 is 22.0 Å². The number of benzene rings is 3. The number of aromatic hydroxyl groups is 1. The third-order valence-electron chi connectivity index (χ3n) is 5.91. The Kier molecular flexibility index (Phi) is 4.55. The predicted octanol–water partition coefficient (Wildman–Crippen LogP) is 5.46. The van der Waals surface area contributed by atoms with Crippen molar-refractivity contribution in [3.05, 3.63) is 87.4 Å². The zero-order valence-electron chi connectivity index (χ0n) is 15.8. The number of phenols is 1. The minimum atomic E-state index is -0.312. The Morgan fingerprint density at radius 2 is 1.69 bits per heavy atom. The molecule has 0 radical (unpaired) electrons. The number of halogens is 1. The number of phenolic OH excluding ortho intramolecular Hbond substituents is 1. The summed E-state index contributed by atoms with van der Waals surface area (Å²) in [5.74, 6) is 0.248. The van der Waals surface area contributed by atoms with Crippen LogP contribution in [0.3, 0.4) is 0 Å². The maximum atomic E-state index is 12.8. The van der Waals surface area contributed by atoms with Crippen LogP contribution < -0.4 is 0 Å². The molecule has 0 saturated carbocycles. The summed E-state index contributed by atoms with van der Waals surface area (Å²) in [7, 11) is 0. The van der Waals surface area contributed by atoms with E-state index in [1.54, 1.807) is 11.0 Å². The Morgan fingerprint density at radius 3 is 2.38 bits per heavy atom. The van der Waals surface area contributed by atoms with Gasteiger partial charge in [0.25, 0.3) is 0 Å². The number of ether oxygens (including phenoxy) is 1. The van der Waals surface area contributed by atoms with Crippen LogP contribution >= 0.6 is 15.9 Å². The largest absolute Gasteiger partial charge is 0.507 e. The Hall–Kier alpha value is -2.79. The van der Waals surface area contributed by atoms with E-state index in [1.165, 1.54) is 22.3 Å². The second-order valence-corrected chi connectivity index (χ2v) is 8.30. The summed E-state index contributed by atoms with van der Waals surface area (Å²) >= 11 is 3.44. The van der Waals surface area contributed by atoms with E-state index in [0.29, 0.717) is 24.2 Å². The Balaban J connectivity index is 1.33. The molecule has 1 aliphatic heterocycles. The van der Waals surface area contributed by atoms with Gasteiger partial charge in [-0.15, -0.1) is 0 Å². The van der Waals surface area contributed by atoms with Gasteiger partial charge in [0.1, 0.15) is 12.4 Å². The van der Waals surface area contributed by atoms with Crippen molar-refractivity contribution in [1.82, 2.24) is 4.90 Å². The van der Waals surface area contributed by atoms with E-state index in [2.05, 4.69) is 40.2 Å². The molecule has 29 heavy (non-hydrogen) atoms. The summed E-state index contributed by atoms with van der Waals surface area (Å²) < 4.78 is 6.43. The minimum absolute atomic E-state index is 0.0548. The zero-order chi connectivity index (χ0) is 20.0. The van der Waals surface area contributed by atoms with Crippen molar-refractivity contribution in [2.75, 3.05) is 13.2 Å². The van der Waals surface area contributed by atoms with Gasteiger partial charge < -0.3 is 14.7 Å². The van der Waals surface area contributed by atoms with E-state index in [9.17, 15) is 9.90 Å². The maximum Gasteiger partial charge on any atom is 0.410 e. The van der Waals surface area contributed by atoms with Gasteiger partial charge in [-0.25, -0.2) is 4.79 Å². The van der Waals surface area contributed by atoms with Crippen LogP contribution in [-0.2, 0) is 17.7 Å². The number of carbonyl (C=O) groups excluding carboxylic acids is 1. The number of rotatable bonds is 2. The molecule has 1 N–H and O–H groups in total. The molecule has 5 heteroatoms. The van der Waals surface area contributed by atoms with Gasteiger partial charge >= 0.3 is 6.09 Å². The van der Waals surface area contributed by atoms with Gasteiger partial charge in [0.15, 0.2) is 0 Å². The number of hydrogen-bond donors (Lipinski definition) is 1. The van der Waals surface area contributed by atoms with Crippen LogP contribution in [-0.4, -0.2) is 29.3 Å². The number of nitrogens with zero attached hydrogens (tertiary/aromatic N) is 1. The predicted molar refractivity (Wildman–Crippen MR) is 115 cm³/mol. The van der Waals surface area contributed by atoms with Crippen molar-refractivity contribution in [2.24, 2.45) is 0 Å². The van der Waals surface area contributed by atoms with Gasteiger partial charge in [-0.1, -0.05) is 54.6 Å². The molecule has 0 unspecified atom stereocenters. The molecule has 1 aliphatic carbocycles. The van der Waals surface area contributed by atoms with Gasteiger partial charge in [-0.2, -0.15) is 0 Å². The third-order valence-corrected chi connectivity index (χ3v) is 6.80. The molecule has 5 rings (SSSR count). The number of carbonyl (C=O) groups is 1. The zero-order valence-corrected chi connectivity index (χ0v) is 17.4. The van der Waals surface area contributed by atoms with Crippen molar-refractivity contribution in [1.29, 1.82) is 0 Å². The fraction of sp³-hybridized carbons (Fsp3) is 0.208. The molecule has 0 aromatic heterocycles. The molecule has 1 heterocycles. The monoisotopic (exact) mass is 449 g/mol. The molecule has 0 bridgehead atoms. The Labute approximate surface area is 177 Å². The highest BCUT2D eigenvalue weighted by Gasteiger charge is 2.30. The molecule has 0 saturated heterocycles. The summed E-state index contributed by atoms with van der Waals surface area (Å²) in [4.78, 5) is 14.5. The topological polar surface area (TPSA) is 49.8 Å². The smallest absolute Gasteiger partial charge is 0.410 e. The van der Waals surface area contributed by atoms with Gasteiger partial charge in [0.05, 0.1) is 11.0 Å². The highest BCUT2D eigenvalue weighted by atomic mass is 79.9. The van der Waals surface area contributed by atoms with E-state index in [4.69, 9.17) is 4.74 Å². The van der Waals surface area contributed by atoms with Gasteiger partial charge in [-0.05, 0) is 61.8 Å². The summed E-state index contributed by atoms with van der Waals surface area (Å²) in [6.07, 6.45) is 0.436. The van der Waals surface area contributed by atoms with E-state index < -0.39 is 0 Å². The molecule has 146 valence electrons. The highest BCUT2D eigenvalue weighted by Crippen LogP contribution is 2.44. The second-order valence-electron chi connectivity index (χ2n) is 7.51.